The van der Waals surface area contributed by atoms with Gasteiger partial charge in [-0.3, -0.25) is 0 Å². The van der Waals surface area contributed by atoms with Gasteiger partial charge in [0, 0.05) is 31.8 Å². The normalized spacial score (nSPS) is 30.4. The largest absolute Gasteiger partial charge is 0.407 e. The lowest BCUT2D eigenvalue weighted by molar-refractivity contribution is -0.293. The maximum atomic E-state index is 11.6. The Hall–Kier alpha value is -2.40. The zero-order chi connectivity index (χ0) is 34.7. The van der Waals surface area contributed by atoms with Crippen LogP contribution in [0.1, 0.15) is 78.7 Å². The summed E-state index contributed by atoms with van der Waals surface area (Å²) in [6, 6.07) is 31.5. The highest BCUT2D eigenvalue weighted by Gasteiger charge is 2.55. The molecule has 0 aromatic heterocycles. The Morgan fingerprint density at radius 3 is 2.04 bits per heavy atom. The summed E-state index contributed by atoms with van der Waals surface area (Å²) in [5.41, 5.74) is 0.124. The van der Waals surface area contributed by atoms with Gasteiger partial charge in [0.15, 0.2) is 5.79 Å². The number of ether oxygens (including phenoxy) is 4. The van der Waals surface area contributed by atoms with Crippen LogP contribution in [-0.2, 0) is 30.0 Å². The fraction of sp³-hybridized carbons (Fsp3) is 0.561. The van der Waals surface area contributed by atoms with Crippen molar-refractivity contribution in [1.82, 2.24) is 0 Å². The second kappa shape index (κ2) is 15.1. The van der Waals surface area contributed by atoms with Crippen molar-refractivity contribution in [2.75, 3.05) is 13.2 Å². The first-order chi connectivity index (χ1) is 23.4. The van der Waals surface area contributed by atoms with Gasteiger partial charge >= 0.3 is 0 Å². The Labute approximate surface area is 294 Å². The summed E-state index contributed by atoms with van der Waals surface area (Å²) in [7, 11) is -2.67. The Bertz CT molecular complexity index is 1430. The monoisotopic (exact) mass is 688 g/mol. The second-order valence-electron chi connectivity index (χ2n) is 15.8. The molecule has 2 N–H and O–H groups in total. The van der Waals surface area contributed by atoms with E-state index in [1.807, 2.05) is 37.3 Å². The first-order valence-corrected chi connectivity index (χ1v) is 20.1. The van der Waals surface area contributed by atoms with E-state index in [-0.39, 0.29) is 23.7 Å². The van der Waals surface area contributed by atoms with E-state index in [2.05, 4.69) is 88.4 Å². The highest BCUT2D eigenvalue weighted by molar-refractivity contribution is 6.99. The molecule has 8 heteroatoms. The van der Waals surface area contributed by atoms with Crippen molar-refractivity contribution >= 4 is 18.7 Å². The fourth-order valence-electron chi connectivity index (χ4n) is 8.36. The predicted octanol–water partition coefficient (Wildman–Crippen LogP) is 6.13. The van der Waals surface area contributed by atoms with Crippen LogP contribution in [0.4, 0.5) is 0 Å². The number of aliphatic hydroxyl groups is 2. The molecule has 3 heterocycles. The van der Waals surface area contributed by atoms with Crippen molar-refractivity contribution in [3.8, 4) is 0 Å². The molecule has 1 spiro atoms. The smallest absolute Gasteiger partial charge is 0.261 e. The first kappa shape index (κ1) is 36.4. The van der Waals surface area contributed by atoms with E-state index in [0.717, 1.165) is 31.2 Å². The van der Waals surface area contributed by atoms with E-state index >= 15 is 0 Å². The minimum atomic E-state index is -2.67. The summed E-state index contributed by atoms with van der Waals surface area (Å²) in [5, 5.41) is 24.9. The summed E-state index contributed by atoms with van der Waals surface area (Å²) in [6.07, 6.45) is 1.85. The molecule has 6 rings (SSSR count). The Kier molecular flexibility index (Phi) is 11.2. The van der Waals surface area contributed by atoms with Crippen molar-refractivity contribution in [3.05, 3.63) is 96.6 Å². The molecule has 3 aliphatic rings. The van der Waals surface area contributed by atoms with Crippen LogP contribution < -0.4 is 10.4 Å². The van der Waals surface area contributed by atoms with Gasteiger partial charge in [-0.15, -0.1) is 0 Å². The molecule has 0 radical (unpaired) electrons. The molecule has 0 aliphatic carbocycles. The third kappa shape index (κ3) is 7.77. The first-order valence-electron chi connectivity index (χ1n) is 18.2. The molecule has 8 atom stereocenters. The van der Waals surface area contributed by atoms with E-state index in [9.17, 15) is 10.2 Å². The topological polar surface area (TPSA) is 86.6 Å². The number of hydrogen-bond donors (Lipinski definition) is 2. The van der Waals surface area contributed by atoms with Crippen LogP contribution in [0, 0.1) is 5.92 Å². The van der Waals surface area contributed by atoms with E-state index in [1.165, 1.54) is 10.4 Å². The molecule has 49 heavy (non-hydrogen) atoms. The Morgan fingerprint density at radius 2 is 1.43 bits per heavy atom. The van der Waals surface area contributed by atoms with Crippen molar-refractivity contribution in [2.24, 2.45) is 5.92 Å². The van der Waals surface area contributed by atoms with Gasteiger partial charge in [0.1, 0.15) is 12.2 Å². The molecule has 0 saturated carbocycles. The second-order valence-corrected chi connectivity index (χ2v) is 20.1. The SMILES string of the molecule is C[C@@H](CO[Si](c1ccccc1)(c1ccccc1)C(C)(C)C)[C@@H]1CCC[C@]2(CC[C@@H]([C@H](O)[C@@]3(C)C[C@H](O)[C@@H](COCc4ccccc4)O3)O2)O1. The number of rotatable bonds is 12. The number of benzene rings is 3. The van der Waals surface area contributed by atoms with Crippen LogP contribution in [-0.4, -0.2) is 73.7 Å². The summed E-state index contributed by atoms with van der Waals surface area (Å²) in [4.78, 5) is 0. The van der Waals surface area contributed by atoms with E-state index in [1.54, 1.807) is 0 Å². The van der Waals surface area contributed by atoms with E-state index in [0.29, 0.717) is 26.1 Å². The van der Waals surface area contributed by atoms with Crippen LogP contribution in [0.5, 0.6) is 0 Å². The third-order valence-corrected chi connectivity index (χ3v) is 16.0. The molecule has 0 amide bonds. The van der Waals surface area contributed by atoms with Crippen LogP contribution in [0.25, 0.3) is 0 Å². The third-order valence-electron chi connectivity index (χ3n) is 11.0. The molecule has 3 saturated heterocycles. The fourth-order valence-corrected chi connectivity index (χ4v) is 13.0. The van der Waals surface area contributed by atoms with Crippen LogP contribution in [0.15, 0.2) is 91.0 Å². The standard InChI is InChI=1S/C41H56O7Si/c1-30(27-45-49(39(2,3)4,32-18-11-7-12-19-32)33-20-13-8-14-21-33)35-22-15-24-41(47-35)25-23-36(48-41)38(43)40(5)26-34(42)37(46-40)29-44-28-31-16-9-6-10-17-31/h6-14,16-21,30,34-38,42-43H,15,22-29H2,1-5H3/t30-,34-,35-,36-,37+,38-,40+,41-/m0/s1. The zero-order valence-electron chi connectivity index (χ0n) is 29.9. The minimum Gasteiger partial charge on any atom is -0.407 e. The highest BCUT2D eigenvalue weighted by Crippen LogP contribution is 2.46. The van der Waals surface area contributed by atoms with Crippen LogP contribution >= 0.6 is 0 Å². The van der Waals surface area contributed by atoms with E-state index in [4.69, 9.17) is 23.4 Å². The van der Waals surface area contributed by atoms with Gasteiger partial charge in [-0.05, 0) is 47.2 Å². The maximum Gasteiger partial charge on any atom is 0.261 e. The average Bonchev–Trinajstić information content (AvgIpc) is 3.64. The highest BCUT2D eigenvalue weighted by atomic mass is 28.4. The lowest BCUT2D eigenvalue weighted by Crippen LogP contribution is -2.67. The number of hydrogen-bond acceptors (Lipinski definition) is 7. The molecular formula is C41H56O7Si. The average molecular weight is 689 g/mol. The van der Waals surface area contributed by atoms with Gasteiger partial charge in [-0.25, -0.2) is 0 Å². The van der Waals surface area contributed by atoms with Gasteiger partial charge in [-0.1, -0.05) is 119 Å². The minimum absolute atomic E-state index is 0.0193. The molecule has 7 nitrogen and oxygen atoms in total. The Balaban J connectivity index is 1.08. The molecular weight excluding hydrogens is 633 g/mol. The number of aliphatic hydroxyl groups excluding tert-OH is 2. The summed E-state index contributed by atoms with van der Waals surface area (Å²) in [5.74, 6) is -0.583. The summed E-state index contributed by atoms with van der Waals surface area (Å²) in [6.45, 7) is 12.3. The quantitative estimate of drug-likeness (QED) is 0.222. The molecule has 0 unspecified atom stereocenters. The predicted molar refractivity (Wildman–Crippen MR) is 194 cm³/mol. The van der Waals surface area contributed by atoms with Gasteiger partial charge in [0.2, 0.25) is 0 Å². The Morgan fingerprint density at radius 1 is 0.837 bits per heavy atom. The van der Waals surface area contributed by atoms with Gasteiger partial charge in [0.05, 0.1) is 37.1 Å². The zero-order valence-corrected chi connectivity index (χ0v) is 30.9. The van der Waals surface area contributed by atoms with Crippen molar-refractivity contribution in [1.29, 1.82) is 0 Å². The van der Waals surface area contributed by atoms with Gasteiger partial charge in [0.25, 0.3) is 8.32 Å². The molecule has 3 aliphatic heterocycles. The summed E-state index contributed by atoms with van der Waals surface area (Å²) < 4.78 is 33.0. The van der Waals surface area contributed by atoms with E-state index < -0.39 is 44.1 Å². The summed E-state index contributed by atoms with van der Waals surface area (Å²) >= 11 is 0. The maximum absolute atomic E-state index is 11.6. The molecule has 266 valence electrons. The van der Waals surface area contributed by atoms with Gasteiger partial charge in [-0.2, -0.15) is 0 Å². The van der Waals surface area contributed by atoms with Gasteiger partial charge < -0.3 is 33.6 Å². The van der Waals surface area contributed by atoms with Crippen molar-refractivity contribution < 1.29 is 33.6 Å². The molecule has 3 fully saturated rings. The van der Waals surface area contributed by atoms with Crippen LogP contribution in [0.2, 0.25) is 5.04 Å². The lowest BCUT2D eigenvalue weighted by Gasteiger charge is -2.45. The van der Waals surface area contributed by atoms with Crippen molar-refractivity contribution in [2.45, 2.75) is 127 Å². The molecule has 0 bridgehead atoms. The molecule has 3 aromatic rings. The van der Waals surface area contributed by atoms with Crippen LogP contribution in [0.3, 0.4) is 0 Å². The lowest BCUT2D eigenvalue weighted by atomic mass is 9.89. The van der Waals surface area contributed by atoms with Crippen molar-refractivity contribution in [3.63, 3.8) is 0 Å². The molecule has 3 aromatic carbocycles.